The van der Waals surface area contributed by atoms with Crippen LogP contribution < -0.4 is 4.74 Å². The van der Waals surface area contributed by atoms with Crippen molar-refractivity contribution in [2.24, 2.45) is 0 Å². The summed E-state index contributed by atoms with van der Waals surface area (Å²) in [4.78, 5) is 24.7. The highest BCUT2D eigenvalue weighted by Gasteiger charge is 2.19. The first kappa shape index (κ1) is 24.3. The molecule has 0 amide bonds. The summed E-state index contributed by atoms with van der Waals surface area (Å²) in [5.74, 6) is 0.724. The number of hydrogen-bond donors (Lipinski definition) is 0. The number of hydrogen-bond acceptors (Lipinski definition) is 8. The number of rotatable bonds is 9. The van der Waals surface area contributed by atoms with Gasteiger partial charge in [0.05, 0.1) is 30.6 Å². The normalized spacial score (nSPS) is 10.9. The Labute approximate surface area is 207 Å². The van der Waals surface area contributed by atoms with Crippen LogP contribution in [0.4, 0.5) is 0 Å². The Bertz CT molecular complexity index is 1360. The summed E-state index contributed by atoms with van der Waals surface area (Å²) in [6.45, 7) is 6.26. The Morgan fingerprint density at radius 2 is 1.80 bits per heavy atom. The molecule has 180 valence electrons. The van der Waals surface area contributed by atoms with Crippen molar-refractivity contribution < 1.29 is 23.5 Å². The van der Waals surface area contributed by atoms with Crippen molar-refractivity contribution >= 4 is 23.5 Å². The maximum atomic E-state index is 13.0. The molecule has 0 aliphatic rings. The summed E-state index contributed by atoms with van der Waals surface area (Å²) >= 11 is 1.19. The highest BCUT2D eigenvalue weighted by atomic mass is 32.2. The number of aromatic nitrogens is 3. The molecular weight excluding hydrogens is 466 g/mol. The number of thioether (sulfide) groups is 1. The molecule has 0 atom stereocenters. The molecule has 2 aromatic carbocycles. The first-order chi connectivity index (χ1) is 16.9. The van der Waals surface area contributed by atoms with Crippen molar-refractivity contribution in [1.29, 1.82) is 0 Å². The third-order valence-corrected chi connectivity index (χ3v) is 6.25. The zero-order valence-electron chi connectivity index (χ0n) is 19.9. The van der Waals surface area contributed by atoms with Gasteiger partial charge in [0.25, 0.3) is 11.1 Å². The maximum Gasteiger partial charge on any atom is 0.337 e. The van der Waals surface area contributed by atoms with E-state index in [1.807, 2.05) is 67.8 Å². The number of nitrogens with zero attached hydrogens (tertiary/aromatic N) is 3. The lowest BCUT2D eigenvalue weighted by molar-refractivity contribution is 0.0600. The molecule has 4 aromatic rings. The summed E-state index contributed by atoms with van der Waals surface area (Å²) in [7, 11) is 1.35. The fourth-order valence-electron chi connectivity index (χ4n) is 3.81. The zero-order chi connectivity index (χ0) is 24.9. The molecule has 0 aliphatic carbocycles. The van der Waals surface area contributed by atoms with E-state index in [0.717, 1.165) is 17.1 Å². The lowest BCUT2D eigenvalue weighted by Crippen LogP contribution is -2.06. The van der Waals surface area contributed by atoms with Crippen molar-refractivity contribution in [2.75, 3.05) is 19.5 Å². The van der Waals surface area contributed by atoms with Crippen molar-refractivity contribution in [3.05, 3.63) is 77.1 Å². The number of esters is 1. The molecule has 0 saturated carbocycles. The summed E-state index contributed by atoms with van der Waals surface area (Å²) in [6.07, 6.45) is 0. The number of carbonyl (C=O) groups is 2. The third kappa shape index (κ3) is 5.14. The van der Waals surface area contributed by atoms with Gasteiger partial charge in [-0.05, 0) is 63.2 Å². The van der Waals surface area contributed by atoms with Gasteiger partial charge in [0.15, 0.2) is 5.78 Å². The van der Waals surface area contributed by atoms with Crippen molar-refractivity contribution in [1.82, 2.24) is 14.8 Å². The zero-order valence-corrected chi connectivity index (χ0v) is 20.7. The highest BCUT2D eigenvalue weighted by Crippen LogP contribution is 2.31. The number of methoxy groups -OCH3 is 1. The lowest BCUT2D eigenvalue weighted by Gasteiger charge is -2.10. The Morgan fingerprint density at radius 1 is 1.06 bits per heavy atom. The van der Waals surface area contributed by atoms with Gasteiger partial charge in [0, 0.05) is 22.6 Å². The summed E-state index contributed by atoms with van der Waals surface area (Å²) in [6, 6.07) is 16.4. The number of carbonyl (C=O) groups excluding carboxylic acids is 2. The van der Waals surface area contributed by atoms with Crippen LogP contribution in [0.25, 0.3) is 17.1 Å². The number of benzene rings is 2. The van der Waals surface area contributed by atoms with E-state index in [2.05, 4.69) is 10.2 Å². The SMILES string of the molecule is CCOc1ccccc1-c1nnc(SCC(=O)c2cc(C)n(-c3ccc(C(=O)OC)cc3)c2C)o1. The van der Waals surface area contributed by atoms with E-state index < -0.39 is 5.97 Å². The first-order valence-corrected chi connectivity index (χ1v) is 12.0. The number of ether oxygens (including phenoxy) is 2. The molecule has 0 fully saturated rings. The van der Waals surface area contributed by atoms with Crippen LogP contribution in [0.1, 0.15) is 39.0 Å². The van der Waals surface area contributed by atoms with Crippen LogP contribution in [0, 0.1) is 13.8 Å². The Balaban J connectivity index is 1.48. The second kappa shape index (κ2) is 10.6. The molecule has 0 aliphatic heterocycles. The van der Waals surface area contributed by atoms with Gasteiger partial charge in [0.2, 0.25) is 0 Å². The quantitative estimate of drug-likeness (QED) is 0.177. The van der Waals surface area contributed by atoms with E-state index in [9.17, 15) is 9.59 Å². The first-order valence-electron chi connectivity index (χ1n) is 11.0. The van der Waals surface area contributed by atoms with Gasteiger partial charge < -0.3 is 18.5 Å². The smallest absolute Gasteiger partial charge is 0.337 e. The maximum absolute atomic E-state index is 13.0. The predicted octanol–water partition coefficient (Wildman–Crippen LogP) is 5.30. The Hall–Kier alpha value is -3.85. The van der Waals surface area contributed by atoms with Crippen LogP contribution >= 0.6 is 11.8 Å². The molecule has 0 N–H and O–H groups in total. The van der Waals surface area contributed by atoms with Crippen molar-refractivity contribution in [2.45, 2.75) is 26.0 Å². The molecule has 0 saturated heterocycles. The second-order valence-corrected chi connectivity index (χ2v) is 8.60. The van der Waals surface area contributed by atoms with Crippen LogP contribution in [-0.4, -0.2) is 46.0 Å². The monoisotopic (exact) mass is 491 g/mol. The molecule has 35 heavy (non-hydrogen) atoms. The predicted molar refractivity (Wildman–Crippen MR) is 133 cm³/mol. The molecule has 0 unspecified atom stereocenters. The van der Waals surface area contributed by atoms with Gasteiger partial charge in [-0.2, -0.15) is 0 Å². The Morgan fingerprint density at radius 3 is 2.51 bits per heavy atom. The average Bonchev–Trinajstić information content (AvgIpc) is 3.46. The summed E-state index contributed by atoms with van der Waals surface area (Å²) < 4.78 is 18.1. The third-order valence-electron chi connectivity index (χ3n) is 5.43. The number of ketones is 1. The number of Topliss-reactive ketones (excluding diaryl/α,β-unsaturated/α-hetero) is 1. The van der Waals surface area contributed by atoms with Crippen LogP contribution in [0.5, 0.6) is 5.75 Å². The Kier molecular flexibility index (Phi) is 7.36. The van der Waals surface area contributed by atoms with Gasteiger partial charge >= 0.3 is 5.97 Å². The molecule has 0 radical (unpaired) electrons. The van der Waals surface area contributed by atoms with Gasteiger partial charge in [-0.3, -0.25) is 4.79 Å². The van der Waals surface area contributed by atoms with E-state index in [1.54, 1.807) is 12.1 Å². The fraction of sp³-hybridized carbons (Fsp3) is 0.231. The van der Waals surface area contributed by atoms with Crippen LogP contribution in [0.2, 0.25) is 0 Å². The second-order valence-electron chi connectivity index (χ2n) is 7.67. The van der Waals surface area contributed by atoms with E-state index in [-0.39, 0.29) is 11.5 Å². The molecule has 2 heterocycles. The average molecular weight is 492 g/mol. The minimum atomic E-state index is -0.393. The van der Waals surface area contributed by atoms with Gasteiger partial charge in [0.1, 0.15) is 5.75 Å². The molecule has 8 nitrogen and oxygen atoms in total. The minimum absolute atomic E-state index is 0.0463. The topological polar surface area (TPSA) is 96.5 Å². The molecule has 0 spiro atoms. The number of aryl methyl sites for hydroxylation is 1. The standard InChI is InChI=1S/C26H25N3O5S/c1-5-33-23-9-7-6-8-20(23)24-27-28-26(34-24)35-15-22(30)21-14-16(2)29(17(21)3)19-12-10-18(11-13-19)25(31)32-4/h6-14H,5,15H2,1-4H3. The van der Waals surface area contributed by atoms with Crippen molar-refractivity contribution in [3.63, 3.8) is 0 Å². The van der Waals surface area contributed by atoms with Crippen LogP contribution in [-0.2, 0) is 4.74 Å². The number of para-hydroxylation sites is 1. The summed E-state index contributed by atoms with van der Waals surface area (Å²) in [5, 5.41) is 8.50. The lowest BCUT2D eigenvalue weighted by atomic mass is 10.2. The largest absolute Gasteiger partial charge is 0.493 e. The molecule has 2 aromatic heterocycles. The molecule has 4 rings (SSSR count). The van der Waals surface area contributed by atoms with Gasteiger partial charge in [-0.1, -0.05) is 23.9 Å². The van der Waals surface area contributed by atoms with E-state index >= 15 is 0 Å². The highest BCUT2D eigenvalue weighted by molar-refractivity contribution is 7.99. The van der Waals surface area contributed by atoms with Crippen LogP contribution in [0.3, 0.4) is 0 Å². The van der Waals surface area contributed by atoms with E-state index in [0.29, 0.717) is 40.2 Å². The molecule has 0 bridgehead atoms. The van der Waals surface area contributed by atoms with Gasteiger partial charge in [-0.25, -0.2) is 4.79 Å². The van der Waals surface area contributed by atoms with Crippen LogP contribution in [0.15, 0.2) is 64.2 Å². The minimum Gasteiger partial charge on any atom is -0.493 e. The van der Waals surface area contributed by atoms with E-state index in [1.165, 1.54) is 18.9 Å². The van der Waals surface area contributed by atoms with Gasteiger partial charge in [-0.15, -0.1) is 10.2 Å². The fourth-order valence-corrected chi connectivity index (χ4v) is 4.46. The van der Waals surface area contributed by atoms with E-state index in [4.69, 9.17) is 13.9 Å². The summed E-state index contributed by atoms with van der Waals surface area (Å²) in [5.41, 5.74) is 4.38. The molecule has 9 heteroatoms. The van der Waals surface area contributed by atoms with Crippen molar-refractivity contribution in [3.8, 4) is 22.9 Å². The molecular formula is C26H25N3O5S.